The summed E-state index contributed by atoms with van der Waals surface area (Å²) in [6.45, 7) is 1.77. The zero-order valence-corrected chi connectivity index (χ0v) is 13.8. The van der Waals surface area contributed by atoms with Gasteiger partial charge in [-0.3, -0.25) is 4.90 Å². The predicted octanol–water partition coefficient (Wildman–Crippen LogP) is 3.86. The summed E-state index contributed by atoms with van der Waals surface area (Å²) in [7, 11) is 0. The zero-order chi connectivity index (χ0) is 15.8. The van der Waals surface area contributed by atoms with Crippen molar-refractivity contribution in [3.05, 3.63) is 30.1 Å². The molecule has 21 heavy (non-hydrogen) atoms. The van der Waals surface area contributed by atoms with Crippen molar-refractivity contribution >= 4 is 64.1 Å². The van der Waals surface area contributed by atoms with Crippen molar-refractivity contribution in [1.82, 2.24) is 10.4 Å². The Kier molecular flexibility index (Phi) is 4.95. The highest BCUT2D eigenvalue weighted by molar-refractivity contribution is 7.79. The van der Waals surface area contributed by atoms with Crippen molar-refractivity contribution in [3.63, 3.8) is 0 Å². The number of halogens is 4. The van der Waals surface area contributed by atoms with Gasteiger partial charge >= 0.3 is 6.03 Å². The Morgan fingerprint density at radius 2 is 2.05 bits per heavy atom. The summed E-state index contributed by atoms with van der Waals surface area (Å²) in [6.07, 6.45) is -0.650. The average Bonchev–Trinajstić information content (AvgIpc) is 2.76. The largest absolute Gasteiger partial charge is 0.344 e. The first kappa shape index (κ1) is 16.7. The lowest BCUT2D eigenvalue weighted by Gasteiger charge is -2.25. The lowest BCUT2D eigenvalue weighted by molar-refractivity contribution is 0.196. The van der Waals surface area contributed by atoms with Crippen molar-refractivity contribution in [2.24, 2.45) is 5.92 Å². The van der Waals surface area contributed by atoms with Gasteiger partial charge in [-0.15, -0.1) is 0 Å². The average molecular weight is 371 g/mol. The van der Waals surface area contributed by atoms with Gasteiger partial charge in [0.05, 0.1) is 5.69 Å². The first-order valence-electron chi connectivity index (χ1n) is 5.93. The summed E-state index contributed by atoms with van der Waals surface area (Å²) in [6, 6.07) is 5.19. The highest BCUT2D eigenvalue weighted by Gasteiger charge is 2.48. The van der Waals surface area contributed by atoms with Crippen LogP contribution >= 0.6 is 47.0 Å². The lowest BCUT2D eigenvalue weighted by atomic mass is 10.1. The van der Waals surface area contributed by atoms with Crippen LogP contribution in [0.5, 0.6) is 0 Å². The second kappa shape index (κ2) is 6.22. The van der Waals surface area contributed by atoms with Gasteiger partial charge in [0, 0.05) is 5.92 Å². The fourth-order valence-corrected chi connectivity index (χ4v) is 2.49. The number of benzene rings is 1. The summed E-state index contributed by atoms with van der Waals surface area (Å²) in [4.78, 5) is 13.6. The van der Waals surface area contributed by atoms with Gasteiger partial charge in [-0.05, 0) is 17.5 Å². The SMILES string of the molecule is CC(C=S)C1NN(C(Cl)(Cl)Cl)C(=O)N1c1ccccc1F. The van der Waals surface area contributed by atoms with Crippen molar-refractivity contribution in [1.29, 1.82) is 0 Å². The molecule has 2 atom stereocenters. The first-order chi connectivity index (χ1) is 9.77. The predicted molar refractivity (Wildman–Crippen MR) is 86.1 cm³/mol. The molecule has 2 unspecified atom stereocenters. The molecule has 1 aromatic carbocycles. The quantitative estimate of drug-likeness (QED) is 0.498. The van der Waals surface area contributed by atoms with E-state index in [9.17, 15) is 9.18 Å². The molecule has 1 aromatic rings. The molecule has 2 amide bonds. The van der Waals surface area contributed by atoms with Crippen molar-refractivity contribution in [2.75, 3.05) is 4.90 Å². The molecule has 0 aromatic heterocycles. The van der Waals surface area contributed by atoms with Crippen LogP contribution in [0.3, 0.4) is 0 Å². The fraction of sp³-hybridized carbons (Fsp3) is 0.333. The van der Waals surface area contributed by atoms with Crippen LogP contribution in [0.15, 0.2) is 24.3 Å². The molecule has 1 saturated heterocycles. The standard InChI is InChI=1S/C12H11Cl3FN3OS/c1-7(6-21)10-17-19(12(13,14)15)11(20)18(10)9-5-3-2-4-8(9)16/h2-7,10,17H,1H3. The Morgan fingerprint density at radius 3 is 2.57 bits per heavy atom. The number of rotatable bonds is 3. The van der Waals surface area contributed by atoms with E-state index in [1.807, 2.05) is 0 Å². The molecule has 1 aliphatic heterocycles. The maximum Gasteiger partial charge on any atom is 0.344 e. The molecule has 1 N–H and O–H groups in total. The van der Waals surface area contributed by atoms with Crippen molar-refractivity contribution in [2.45, 2.75) is 17.0 Å². The summed E-state index contributed by atoms with van der Waals surface area (Å²) < 4.78 is 12.0. The number of carbonyl (C=O) groups is 1. The van der Waals surface area contributed by atoms with Crippen LogP contribution in [0.1, 0.15) is 6.92 Å². The summed E-state index contributed by atoms with van der Waals surface area (Å²) >= 11 is 22.2. The zero-order valence-electron chi connectivity index (χ0n) is 10.8. The van der Waals surface area contributed by atoms with Gasteiger partial charge in [0.2, 0.25) is 0 Å². The van der Waals surface area contributed by atoms with Gasteiger partial charge in [-0.2, -0.15) is 0 Å². The van der Waals surface area contributed by atoms with E-state index in [2.05, 4.69) is 5.43 Å². The molecular weight excluding hydrogens is 360 g/mol. The molecule has 0 bridgehead atoms. The van der Waals surface area contributed by atoms with Gasteiger partial charge in [0.25, 0.3) is 3.92 Å². The monoisotopic (exact) mass is 369 g/mol. The Bertz CT molecular complexity index is 569. The summed E-state index contributed by atoms with van der Waals surface area (Å²) in [5.74, 6) is -0.832. The number of hydrogen-bond acceptors (Lipinski definition) is 3. The van der Waals surface area contributed by atoms with E-state index in [1.165, 1.54) is 28.5 Å². The number of alkyl halides is 3. The number of carbonyl (C=O) groups excluding carboxylic acids is 1. The van der Waals surface area contributed by atoms with E-state index in [0.717, 1.165) is 5.01 Å². The van der Waals surface area contributed by atoms with E-state index >= 15 is 0 Å². The van der Waals surface area contributed by atoms with Crippen LogP contribution in [0.2, 0.25) is 0 Å². The number of amides is 2. The molecule has 0 aliphatic carbocycles. The van der Waals surface area contributed by atoms with Gasteiger partial charge in [-0.25, -0.2) is 19.6 Å². The van der Waals surface area contributed by atoms with Gasteiger partial charge in [-0.1, -0.05) is 66.1 Å². The highest BCUT2D eigenvalue weighted by Crippen LogP contribution is 2.36. The van der Waals surface area contributed by atoms with Crippen LogP contribution in [0.25, 0.3) is 0 Å². The van der Waals surface area contributed by atoms with Gasteiger partial charge in [0.1, 0.15) is 12.0 Å². The molecule has 1 heterocycles. The third-order valence-electron chi connectivity index (χ3n) is 3.02. The number of hydrazine groups is 1. The lowest BCUT2D eigenvalue weighted by Crippen LogP contribution is -2.46. The van der Waals surface area contributed by atoms with Crippen LogP contribution in [-0.2, 0) is 0 Å². The number of urea groups is 1. The number of hydrogen-bond donors (Lipinski definition) is 1. The molecule has 114 valence electrons. The third-order valence-corrected chi connectivity index (χ3v) is 3.95. The number of nitrogens with one attached hydrogen (secondary N) is 1. The molecule has 0 radical (unpaired) electrons. The number of thiocarbonyl (C=S) groups is 1. The maximum atomic E-state index is 14.0. The molecule has 4 nitrogen and oxygen atoms in total. The summed E-state index contributed by atoms with van der Waals surface area (Å²) in [5.41, 5.74) is 2.84. The molecule has 1 fully saturated rings. The van der Waals surface area contributed by atoms with Crippen LogP contribution in [0, 0.1) is 11.7 Å². The van der Waals surface area contributed by atoms with Crippen LogP contribution in [-0.4, -0.2) is 26.5 Å². The van der Waals surface area contributed by atoms with E-state index in [0.29, 0.717) is 0 Å². The molecule has 0 saturated carbocycles. The minimum Gasteiger partial charge on any atom is -0.272 e. The van der Waals surface area contributed by atoms with E-state index in [-0.39, 0.29) is 11.6 Å². The van der Waals surface area contributed by atoms with Crippen molar-refractivity contribution in [3.8, 4) is 0 Å². The second-order valence-corrected chi connectivity index (χ2v) is 6.97. The van der Waals surface area contributed by atoms with Crippen LogP contribution in [0.4, 0.5) is 14.9 Å². The molecule has 9 heteroatoms. The van der Waals surface area contributed by atoms with Crippen LogP contribution < -0.4 is 10.3 Å². The minimum atomic E-state index is -2.00. The smallest absolute Gasteiger partial charge is 0.272 e. The Labute approximate surface area is 141 Å². The topological polar surface area (TPSA) is 35.6 Å². The highest BCUT2D eigenvalue weighted by atomic mass is 35.6. The summed E-state index contributed by atoms with van der Waals surface area (Å²) in [5, 5.41) is 2.28. The second-order valence-electron chi connectivity index (χ2n) is 4.48. The van der Waals surface area contributed by atoms with Gasteiger partial charge in [0.15, 0.2) is 0 Å². The molecular formula is C12H11Cl3FN3OS. The Hall–Kier alpha value is -0.660. The fourth-order valence-electron chi connectivity index (χ4n) is 1.98. The Morgan fingerprint density at radius 1 is 1.43 bits per heavy atom. The normalized spacial score (nSPS) is 20.8. The molecule has 2 rings (SSSR count). The third kappa shape index (κ3) is 3.24. The maximum absolute atomic E-state index is 14.0. The van der Waals surface area contributed by atoms with E-state index in [4.69, 9.17) is 47.0 Å². The van der Waals surface area contributed by atoms with E-state index in [1.54, 1.807) is 13.0 Å². The van der Waals surface area contributed by atoms with Gasteiger partial charge < -0.3 is 0 Å². The first-order valence-corrected chi connectivity index (χ1v) is 7.54. The number of anilines is 1. The Balaban J connectivity index is 2.47. The minimum absolute atomic E-state index is 0.0838. The molecule has 0 spiro atoms. The van der Waals surface area contributed by atoms with Crippen molar-refractivity contribution < 1.29 is 9.18 Å². The molecule has 1 aliphatic rings. The number of para-hydroxylation sites is 1. The van der Waals surface area contributed by atoms with E-state index < -0.39 is 21.9 Å². The number of nitrogens with zero attached hydrogens (tertiary/aromatic N) is 2.